The smallest absolute Gasteiger partial charge is 0.210 e. The Labute approximate surface area is 126 Å². The fourth-order valence-electron chi connectivity index (χ4n) is 1.67. The first-order valence-electron chi connectivity index (χ1n) is 6.67. The maximum Gasteiger partial charge on any atom is 0.210 e. The zero-order valence-electron chi connectivity index (χ0n) is 12.9. The summed E-state index contributed by atoms with van der Waals surface area (Å²) in [6.07, 6.45) is 5.99. The second-order valence-electron chi connectivity index (χ2n) is 4.07. The fourth-order valence-corrected chi connectivity index (χ4v) is 1.82. The lowest BCUT2D eigenvalue weighted by Crippen LogP contribution is -2.24. The lowest BCUT2D eigenvalue weighted by atomic mass is 10.0. The highest BCUT2D eigenvalue weighted by molar-refractivity contribution is 7.79. The number of hydrogen-bond donors (Lipinski definition) is 0. The third kappa shape index (κ3) is 5.17. The predicted octanol–water partition coefficient (Wildman–Crippen LogP) is 4.06. The molecule has 110 valence electrons. The molecule has 0 amide bonds. The Hall–Kier alpha value is -1.62. The molecule has 0 radical (unpaired) electrons. The van der Waals surface area contributed by atoms with Crippen LogP contribution in [-0.2, 0) is 4.79 Å². The Morgan fingerprint density at radius 1 is 1.35 bits per heavy atom. The van der Waals surface area contributed by atoms with E-state index >= 15 is 0 Å². The van der Waals surface area contributed by atoms with E-state index in [1.807, 2.05) is 33.8 Å². The number of carbonyl (C=O) groups is 1. The molecule has 0 aromatic heterocycles. The summed E-state index contributed by atoms with van der Waals surface area (Å²) in [5.41, 5.74) is 2.10. The molecule has 0 bridgehead atoms. The summed E-state index contributed by atoms with van der Waals surface area (Å²) in [7, 11) is 1.59. The SMILES string of the molecule is C/C=C\C(=C/C=S)C(=O)/C(=C(\C)CC)N(CC)N=NC. The highest BCUT2D eigenvalue weighted by Crippen LogP contribution is 2.19. The van der Waals surface area contributed by atoms with Gasteiger partial charge in [0.05, 0.1) is 7.05 Å². The van der Waals surface area contributed by atoms with Gasteiger partial charge in [0, 0.05) is 17.5 Å². The summed E-state index contributed by atoms with van der Waals surface area (Å²) >= 11 is 4.83. The molecule has 0 aliphatic carbocycles. The van der Waals surface area contributed by atoms with Crippen LogP contribution in [0.1, 0.15) is 34.1 Å². The average molecular weight is 293 g/mol. The highest BCUT2D eigenvalue weighted by atomic mass is 32.1. The van der Waals surface area contributed by atoms with Gasteiger partial charge < -0.3 is 0 Å². The molecule has 20 heavy (non-hydrogen) atoms. The molecule has 4 nitrogen and oxygen atoms in total. The summed E-state index contributed by atoms with van der Waals surface area (Å²) in [4.78, 5) is 12.7. The van der Waals surface area contributed by atoms with Gasteiger partial charge in [-0.25, -0.2) is 5.01 Å². The molecule has 0 rings (SSSR count). The first-order chi connectivity index (χ1) is 9.56. The van der Waals surface area contributed by atoms with Gasteiger partial charge in [0.15, 0.2) is 0 Å². The summed E-state index contributed by atoms with van der Waals surface area (Å²) < 4.78 is 0. The number of rotatable bonds is 8. The third-order valence-electron chi connectivity index (χ3n) is 2.76. The van der Waals surface area contributed by atoms with Crippen LogP contribution in [0.25, 0.3) is 0 Å². The van der Waals surface area contributed by atoms with Crippen molar-refractivity contribution in [2.24, 2.45) is 10.3 Å². The quantitative estimate of drug-likeness (QED) is 0.223. The maximum atomic E-state index is 12.7. The monoisotopic (exact) mass is 293 g/mol. The number of allylic oxidation sites excluding steroid dienone is 5. The number of thiocarbonyl (C=S) groups is 1. The molecule has 0 saturated heterocycles. The van der Waals surface area contributed by atoms with Gasteiger partial charge in [0.1, 0.15) is 5.70 Å². The molecule has 0 N–H and O–H groups in total. The fraction of sp³-hybridized carbons (Fsp3) is 0.467. The van der Waals surface area contributed by atoms with Crippen molar-refractivity contribution in [1.29, 1.82) is 0 Å². The van der Waals surface area contributed by atoms with Crippen LogP contribution in [0.2, 0.25) is 0 Å². The Morgan fingerprint density at radius 2 is 2.00 bits per heavy atom. The topological polar surface area (TPSA) is 45.0 Å². The molecule has 0 saturated carbocycles. The number of ketones is 1. The van der Waals surface area contributed by atoms with Crippen LogP contribution in [0.3, 0.4) is 0 Å². The molecule has 5 heteroatoms. The Balaban J connectivity index is 5.84. The van der Waals surface area contributed by atoms with E-state index in [0.29, 0.717) is 17.8 Å². The van der Waals surface area contributed by atoms with E-state index in [1.54, 1.807) is 24.2 Å². The highest BCUT2D eigenvalue weighted by Gasteiger charge is 2.21. The van der Waals surface area contributed by atoms with Crippen LogP contribution < -0.4 is 0 Å². The van der Waals surface area contributed by atoms with E-state index in [0.717, 1.165) is 12.0 Å². The van der Waals surface area contributed by atoms with Gasteiger partial charge in [-0.2, -0.15) is 5.11 Å². The maximum absolute atomic E-state index is 12.7. The van der Waals surface area contributed by atoms with Crippen molar-refractivity contribution in [1.82, 2.24) is 5.01 Å². The van der Waals surface area contributed by atoms with E-state index in [2.05, 4.69) is 10.3 Å². The minimum Gasteiger partial charge on any atom is -0.287 e. The van der Waals surface area contributed by atoms with E-state index in [4.69, 9.17) is 12.2 Å². The number of likely N-dealkylation sites (N-methyl/N-ethyl adjacent to an activating group) is 1. The van der Waals surface area contributed by atoms with Gasteiger partial charge in [-0.15, -0.1) is 0 Å². The van der Waals surface area contributed by atoms with Crippen molar-refractivity contribution in [2.75, 3.05) is 13.6 Å². The number of Topliss-reactive ketones (excluding diaryl/α,β-unsaturated/α-hetero) is 1. The van der Waals surface area contributed by atoms with Crippen LogP contribution in [0.15, 0.2) is 45.4 Å². The van der Waals surface area contributed by atoms with Crippen molar-refractivity contribution < 1.29 is 4.79 Å². The molecule has 0 heterocycles. The van der Waals surface area contributed by atoms with Crippen molar-refractivity contribution in [3.05, 3.63) is 35.1 Å². The van der Waals surface area contributed by atoms with E-state index in [-0.39, 0.29) is 5.78 Å². The first kappa shape index (κ1) is 18.4. The van der Waals surface area contributed by atoms with E-state index in [1.165, 1.54) is 5.37 Å². The van der Waals surface area contributed by atoms with Gasteiger partial charge in [-0.3, -0.25) is 4.79 Å². The summed E-state index contributed by atoms with van der Waals surface area (Å²) in [6, 6.07) is 0. The first-order valence-corrected chi connectivity index (χ1v) is 7.14. The Bertz CT molecular complexity index is 462. The minimum atomic E-state index is -0.0854. The third-order valence-corrected chi connectivity index (χ3v) is 2.90. The van der Waals surface area contributed by atoms with E-state index in [9.17, 15) is 4.79 Å². The number of carbonyl (C=O) groups excluding carboxylic acids is 1. The van der Waals surface area contributed by atoms with Crippen LogP contribution in [-0.4, -0.2) is 29.8 Å². The van der Waals surface area contributed by atoms with Gasteiger partial charge in [0.25, 0.3) is 0 Å². The Morgan fingerprint density at radius 3 is 2.40 bits per heavy atom. The molecular formula is C15H23N3OS. The molecule has 0 atom stereocenters. The lowest BCUT2D eigenvalue weighted by Gasteiger charge is -2.21. The largest absolute Gasteiger partial charge is 0.287 e. The van der Waals surface area contributed by atoms with Gasteiger partial charge in [-0.1, -0.05) is 36.5 Å². The zero-order valence-corrected chi connectivity index (χ0v) is 13.7. The van der Waals surface area contributed by atoms with Crippen molar-refractivity contribution in [2.45, 2.75) is 34.1 Å². The minimum absolute atomic E-state index is 0.0854. The molecule has 0 aliphatic rings. The molecule has 0 spiro atoms. The number of hydrogen-bond acceptors (Lipinski definition) is 4. The average Bonchev–Trinajstić information content (AvgIpc) is 2.45. The van der Waals surface area contributed by atoms with Crippen LogP contribution in [0.4, 0.5) is 0 Å². The van der Waals surface area contributed by atoms with Crippen LogP contribution in [0, 0.1) is 0 Å². The molecule has 0 aromatic carbocycles. The summed E-state index contributed by atoms with van der Waals surface area (Å²) in [5.74, 6) is -0.0854. The second-order valence-corrected chi connectivity index (χ2v) is 4.35. The predicted molar refractivity (Wildman–Crippen MR) is 87.7 cm³/mol. The van der Waals surface area contributed by atoms with Gasteiger partial charge in [0.2, 0.25) is 5.78 Å². The standard InChI is InChI=1S/C15H23N3OS/c1-6-9-13(10-11-20)15(19)14(12(4)7-2)18(8-3)17-16-5/h6,9-11H,7-8H2,1-5H3/b9-6-,13-10+,14-12-,17-16?. The molecule has 0 aliphatic heterocycles. The zero-order chi connectivity index (χ0) is 15.5. The summed E-state index contributed by atoms with van der Waals surface area (Å²) in [6.45, 7) is 8.33. The molecular weight excluding hydrogens is 270 g/mol. The Kier molecular flexibility index (Phi) is 9.38. The van der Waals surface area contributed by atoms with Crippen molar-refractivity contribution in [3.63, 3.8) is 0 Å². The molecule has 0 aromatic rings. The molecule has 0 unspecified atom stereocenters. The summed E-state index contributed by atoms with van der Waals surface area (Å²) in [5, 5.41) is 10.9. The second kappa shape index (κ2) is 10.2. The van der Waals surface area contributed by atoms with Crippen LogP contribution >= 0.6 is 12.2 Å². The lowest BCUT2D eigenvalue weighted by molar-refractivity contribution is -0.113. The van der Waals surface area contributed by atoms with Crippen molar-refractivity contribution >= 4 is 23.4 Å². The normalized spacial score (nSPS) is 13.8. The van der Waals surface area contributed by atoms with Crippen LogP contribution in [0.5, 0.6) is 0 Å². The van der Waals surface area contributed by atoms with Crippen molar-refractivity contribution in [3.8, 4) is 0 Å². The number of nitrogens with zero attached hydrogens (tertiary/aromatic N) is 3. The van der Waals surface area contributed by atoms with Gasteiger partial charge >= 0.3 is 0 Å². The van der Waals surface area contributed by atoms with E-state index < -0.39 is 0 Å². The van der Waals surface area contributed by atoms with Gasteiger partial charge in [-0.05, 0) is 38.8 Å². The molecule has 0 fully saturated rings.